The van der Waals surface area contributed by atoms with Crippen LogP contribution in [0.4, 0.5) is 0 Å². The molecule has 0 N–H and O–H groups in total. The van der Waals surface area contributed by atoms with Gasteiger partial charge in [-0.05, 0) is 34.8 Å². The third-order valence-electron chi connectivity index (χ3n) is 2.89. The van der Waals surface area contributed by atoms with Gasteiger partial charge in [0.2, 0.25) is 5.91 Å². The van der Waals surface area contributed by atoms with E-state index in [1.54, 1.807) is 6.20 Å². The molecule has 0 saturated carbocycles. The van der Waals surface area contributed by atoms with Crippen LogP contribution >= 0.6 is 15.9 Å². The van der Waals surface area contributed by atoms with E-state index < -0.39 is 0 Å². The quantitative estimate of drug-likeness (QED) is 0.779. The molecule has 4 nitrogen and oxygen atoms in total. The lowest BCUT2D eigenvalue weighted by molar-refractivity contribution is -0.127. The molecular weight excluding hydrogens is 270 g/mol. The van der Waals surface area contributed by atoms with E-state index in [0.29, 0.717) is 6.04 Å². The van der Waals surface area contributed by atoms with Crippen molar-refractivity contribution in [3.8, 4) is 0 Å². The van der Waals surface area contributed by atoms with E-state index in [1.807, 2.05) is 15.8 Å². The molecule has 86 valence electrons. The van der Waals surface area contributed by atoms with Crippen LogP contribution in [0.15, 0.2) is 29.5 Å². The average molecular weight is 284 g/mol. The molecule has 0 spiro atoms. The summed E-state index contributed by atoms with van der Waals surface area (Å²) in [6.45, 7) is 5.07. The molecule has 1 aromatic rings. The van der Waals surface area contributed by atoms with E-state index in [2.05, 4.69) is 27.6 Å². The molecule has 0 aromatic carbocycles. The van der Waals surface area contributed by atoms with Gasteiger partial charge in [-0.15, -0.1) is 0 Å². The smallest absolute Gasteiger partial charge is 0.245 e. The van der Waals surface area contributed by atoms with Crippen LogP contribution in [0.5, 0.6) is 0 Å². The second kappa shape index (κ2) is 4.82. The van der Waals surface area contributed by atoms with Crippen molar-refractivity contribution < 1.29 is 4.79 Å². The fourth-order valence-electron chi connectivity index (χ4n) is 1.99. The molecule has 0 radical (unpaired) electrons. The lowest BCUT2D eigenvalue weighted by atomic mass is 10.1. The third-order valence-corrected chi connectivity index (χ3v) is 3.30. The van der Waals surface area contributed by atoms with E-state index in [-0.39, 0.29) is 5.91 Å². The molecule has 1 aromatic heterocycles. The number of hydrogen-bond donors (Lipinski definition) is 0. The molecule has 0 aliphatic carbocycles. The minimum Gasteiger partial charge on any atom is -0.339 e. The van der Waals surface area contributed by atoms with Crippen molar-refractivity contribution in [3.05, 3.63) is 29.5 Å². The van der Waals surface area contributed by atoms with Gasteiger partial charge in [0.05, 0.1) is 16.7 Å². The second-order valence-corrected chi connectivity index (χ2v) is 4.81. The molecule has 1 aliphatic heterocycles. The molecule has 0 bridgehead atoms. The third kappa shape index (κ3) is 2.35. The number of carbonyl (C=O) groups excluding carboxylic acids is 1. The number of likely N-dealkylation sites (tertiary alicyclic amines) is 1. The number of halogens is 1. The van der Waals surface area contributed by atoms with E-state index in [0.717, 1.165) is 30.4 Å². The van der Waals surface area contributed by atoms with Crippen molar-refractivity contribution in [1.29, 1.82) is 0 Å². The second-order valence-electron chi connectivity index (χ2n) is 3.90. The molecule has 16 heavy (non-hydrogen) atoms. The summed E-state index contributed by atoms with van der Waals surface area (Å²) in [4.78, 5) is 13.2. The molecular formula is C11H14BrN3O. The van der Waals surface area contributed by atoms with Crippen molar-refractivity contribution in [3.63, 3.8) is 0 Å². The highest BCUT2D eigenvalue weighted by molar-refractivity contribution is 9.10. The van der Waals surface area contributed by atoms with Crippen molar-refractivity contribution in [1.82, 2.24) is 14.7 Å². The highest BCUT2D eigenvalue weighted by Crippen LogP contribution is 2.23. The Morgan fingerprint density at radius 2 is 2.25 bits per heavy atom. The van der Waals surface area contributed by atoms with Crippen LogP contribution in [0.1, 0.15) is 18.9 Å². The monoisotopic (exact) mass is 283 g/mol. The summed E-state index contributed by atoms with van der Waals surface area (Å²) in [5.74, 6) is 0.0279. The maximum absolute atomic E-state index is 11.4. The Morgan fingerprint density at radius 3 is 2.75 bits per heavy atom. The van der Waals surface area contributed by atoms with Gasteiger partial charge in [-0.1, -0.05) is 6.58 Å². The SMILES string of the molecule is C=CC(=O)N1CCC(n2cc(Br)cn2)CC1. The standard InChI is InChI=1S/C11H14BrN3O/c1-2-11(16)14-5-3-10(4-6-14)15-8-9(12)7-13-15/h2,7-8,10H,1,3-6H2. The van der Waals surface area contributed by atoms with Crippen LogP contribution < -0.4 is 0 Å². The van der Waals surface area contributed by atoms with Gasteiger partial charge in [0.15, 0.2) is 0 Å². The first kappa shape index (κ1) is 11.4. The Labute approximate surface area is 103 Å². The summed E-state index contributed by atoms with van der Waals surface area (Å²) in [7, 11) is 0. The molecule has 5 heteroatoms. The number of amides is 1. The number of rotatable bonds is 2. The van der Waals surface area contributed by atoms with Crippen molar-refractivity contribution in [2.75, 3.05) is 13.1 Å². The molecule has 0 atom stereocenters. The zero-order chi connectivity index (χ0) is 11.5. The number of carbonyl (C=O) groups is 1. The maximum atomic E-state index is 11.4. The molecule has 1 saturated heterocycles. The van der Waals surface area contributed by atoms with Crippen LogP contribution in [-0.4, -0.2) is 33.7 Å². The minimum atomic E-state index is 0.0279. The molecule has 2 heterocycles. The lowest BCUT2D eigenvalue weighted by Gasteiger charge is -2.31. The van der Waals surface area contributed by atoms with E-state index in [9.17, 15) is 4.79 Å². The summed E-state index contributed by atoms with van der Waals surface area (Å²) in [6, 6.07) is 0.403. The van der Waals surface area contributed by atoms with Crippen LogP contribution in [-0.2, 0) is 4.79 Å². The van der Waals surface area contributed by atoms with Gasteiger partial charge in [-0.2, -0.15) is 5.10 Å². The van der Waals surface area contributed by atoms with E-state index in [1.165, 1.54) is 6.08 Å². The summed E-state index contributed by atoms with van der Waals surface area (Å²) < 4.78 is 2.97. The van der Waals surface area contributed by atoms with Crippen LogP contribution in [0.2, 0.25) is 0 Å². The summed E-state index contributed by atoms with van der Waals surface area (Å²) in [5, 5.41) is 4.28. The van der Waals surface area contributed by atoms with Gasteiger partial charge in [0.1, 0.15) is 0 Å². The number of hydrogen-bond acceptors (Lipinski definition) is 2. The van der Waals surface area contributed by atoms with Gasteiger partial charge >= 0.3 is 0 Å². The predicted molar refractivity (Wildman–Crippen MR) is 65.0 cm³/mol. The Morgan fingerprint density at radius 1 is 1.56 bits per heavy atom. The minimum absolute atomic E-state index is 0.0279. The fourth-order valence-corrected chi connectivity index (χ4v) is 2.30. The normalized spacial score (nSPS) is 17.4. The average Bonchev–Trinajstić information content (AvgIpc) is 2.75. The van der Waals surface area contributed by atoms with Crippen molar-refractivity contribution >= 4 is 21.8 Å². The highest BCUT2D eigenvalue weighted by Gasteiger charge is 2.22. The van der Waals surface area contributed by atoms with Gasteiger partial charge in [-0.3, -0.25) is 9.48 Å². The Hall–Kier alpha value is -1.10. The Kier molecular flexibility index (Phi) is 3.43. The molecule has 1 aliphatic rings. The van der Waals surface area contributed by atoms with Gasteiger partial charge in [0, 0.05) is 19.3 Å². The van der Waals surface area contributed by atoms with Crippen LogP contribution in [0.3, 0.4) is 0 Å². The Bertz CT molecular complexity index is 394. The van der Waals surface area contributed by atoms with E-state index in [4.69, 9.17) is 0 Å². The topological polar surface area (TPSA) is 38.1 Å². The largest absolute Gasteiger partial charge is 0.339 e. The highest BCUT2D eigenvalue weighted by atomic mass is 79.9. The van der Waals surface area contributed by atoms with Crippen molar-refractivity contribution in [2.24, 2.45) is 0 Å². The summed E-state index contributed by atoms with van der Waals surface area (Å²) >= 11 is 3.38. The Balaban J connectivity index is 1.95. The van der Waals surface area contributed by atoms with Crippen LogP contribution in [0.25, 0.3) is 0 Å². The van der Waals surface area contributed by atoms with E-state index >= 15 is 0 Å². The summed E-state index contributed by atoms with van der Waals surface area (Å²) in [6.07, 6.45) is 7.06. The van der Waals surface area contributed by atoms with Gasteiger partial charge < -0.3 is 4.90 Å². The first-order chi connectivity index (χ1) is 7.70. The molecule has 0 unspecified atom stereocenters. The first-order valence-electron chi connectivity index (χ1n) is 5.31. The molecule has 2 rings (SSSR count). The maximum Gasteiger partial charge on any atom is 0.245 e. The van der Waals surface area contributed by atoms with Crippen LogP contribution in [0, 0.1) is 0 Å². The lowest BCUT2D eigenvalue weighted by Crippen LogP contribution is -2.38. The molecule has 1 fully saturated rings. The zero-order valence-electron chi connectivity index (χ0n) is 8.97. The first-order valence-corrected chi connectivity index (χ1v) is 6.11. The number of piperidine rings is 1. The molecule has 1 amide bonds. The van der Waals surface area contributed by atoms with Crippen molar-refractivity contribution in [2.45, 2.75) is 18.9 Å². The summed E-state index contributed by atoms with van der Waals surface area (Å²) in [5.41, 5.74) is 0. The zero-order valence-corrected chi connectivity index (χ0v) is 10.6. The predicted octanol–water partition coefficient (Wildman–Crippen LogP) is 2.00. The van der Waals surface area contributed by atoms with Gasteiger partial charge in [0.25, 0.3) is 0 Å². The fraction of sp³-hybridized carbons (Fsp3) is 0.455. The number of nitrogens with zero attached hydrogens (tertiary/aromatic N) is 3. The van der Waals surface area contributed by atoms with Gasteiger partial charge in [-0.25, -0.2) is 0 Å². The number of aromatic nitrogens is 2.